The number of hydrogen-bond acceptors (Lipinski definition) is 5. The number of benzene rings is 1. The molecule has 3 rings (SSSR count). The summed E-state index contributed by atoms with van der Waals surface area (Å²) in [6, 6.07) is 7.95. The summed E-state index contributed by atoms with van der Waals surface area (Å²) >= 11 is 0. The Morgan fingerprint density at radius 1 is 1.37 bits per heavy atom. The number of fused-ring (bicyclic) bond motifs is 1. The third-order valence-corrected chi connectivity index (χ3v) is 3.33. The fraction of sp³-hybridized carbons (Fsp3) is 0.429. The molecule has 1 saturated heterocycles. The minimum Gasteiger partial charge on any atom is -0.373 e. The molecule has 1 atom stereocenters. The summed E-state index contributed by atoms with van der Waals surface area (Å²) in [5, 5.41) is 3.15. The second-order valence-electron chi connectivity index (χ2n) is 4.71. The van der Waals surface area contributed by atoms with Crippen molar-refractivity contribution in [1.82, 2.24) is 15.3 Å². The second kappa shape index (κ2) is 5.50. The van der Waals surface area contributed by atoms with E-state index in [2.05, 4.69) is 20.2 Å². The van der Waals surface area contributed by atoms with E-state index in [1.165, 1.54) is 0 Å². The number of aromatic nitrogens is 2. The van der Waals surface area contributed by atoms with Gasteiger partial charge in [-0.25, -0.2) is 4.98 Å². The van der Waals surface area contributed by atoms with Crippen LogP contribution in [0.1, 0.15) is 0 Å². The minimum atomic E-state index is 0.215. The lowest BCUT2D eigenvalue weighted by Crippen LogP contribution is -2.46. The third kappa shape index (κ3) is 2.67. The Balaban J connectivity index is 1.83. The second-order valence-corrected chi connectivity index (χ2v) is 4.71. The summed E-state index contributed by atoms with van der Waals surface area (Å²) in [5.41, 5.74) is 1.88. The van der Waals surface area contributed by atoms with Gasteiger partial charge in [0, 0.05) is 19.6 Å². The van der Waals surface area contributed by atoms with Crippen molar-refractivity contribution >= 4 is 16.9 Å². The van der Waals surface area contributed by atoms with Crippen molar-refractivity contribution in [2.75, 3.05) is 38.2 Å². The molecule has 5 nitrogen and oxygen atoms in total. The van der Waals surface area contributed by atoms with Crippen molar-refractivity contribution in [3.8, 4) is 0 Å². The first-order valence-corrected chi connectivity index (χ1v) is 6.60. The van der Waals surface area contributed by atoms with Crippen LogP contribution >= 0.6 is 0 Å². The van der Waals surface area contributed by atoms with E-state index in [0.29, 0.717) is 0 Å². The van der Waals surface area contributed by atoms with E-state index in [0.717, 1.165) is 43.1 Å². The lowest BCUT2D eigenvalue weighted by Gasteiger charge is -2.33. The lowest BCUT2D eigenvalue weighted by atomic mass is 10.2. The molecule has 1 aromatic carbocycles. The van der Waals surface area contributed by atoms with Crippen molar-refractivity contribution in [2.45, 2.75) is 6.10 Å². The van der Waals surface area contributed by atoms with Gasteiger partial charge in [0.1, 0.15) is 5.82 Å². The molecular formula is C14H18N4O. The molecule has 0 amide bonds. The van der Waals surface area contributed by atoms with Crippen molar-refractivity contribution in [3.05, 3.63) is 30.5 Å². The van der Waals surface area contributed by atoms with E-state index < -0.39 is 0 Å². The van der Waals surface area contributed by atoms with Crippen LogP contribution in [0.25, 0.3) is 11.0 Å². The number of nitrogens with zero attached hydrogens (tertiary/aromatic N) is 3. The number of morpholine rings is 1. The maximum Gasteiger partial charge on any atom is 0.148 e. The summed E-state index contributed by atoms with van der Waals surface area (Å²) in [5.74, 6) is 0.933. The van der Waals surface area contributed by atoms with Crippen LogP contribution in [0.3, 0.4) is 0 Å². The normalized spacial score (nSPS) is 19.8. The van der Waals surface area contributed by atoms with E-state index in [4.69, 9.17) is 4.74 Å². The molecule has 5 heteroatoms. The molecule has 0 spiro atoms. The van der Waals surface area contributed by atoms with Gasteiger partial charge in [-0.15, -0.1) is 0 Å². The number of rotatable bonds is 3. The quantitative estimate of drug-likeness (QED) is 0.892. The van der Waals surface area contributed by atoms with Crippen molar-refractivity contribution in [3.63, 3.8) is 0 Å². The zero-order valence-corrected chi connectivity index (χ0v) is 11.0. The van der Waals surface area contributed by atoms with E-state index in [1.54, 1.807) is 0 Å². The van der Waals surface area contributed by atoms with E-state index >= 15 is 0 Å². The SMILES string of the molecule is CNCC1CN(c2cnc3ccccc3n2)CCO1. The molecule has 19 heavy (non-hydrogen) atoms. The maximum absolute atomic E-state index is 5.71. The lowest BCUT2D eigenvalue weighted by molar-refractivity contribution is 0.0419. The molecule has 0 bridgehead atoms. The molecule has 2 aromatic rings. The molecule has 1 unspecified atom stereocenters. The molecular weight excluding hydrogens is 240 g/mol. The van der Waals surface area contributed by atoms with Crippen molar-refractivity contribution in [1.29, 1.82) is 0 Å². The Morgan fingerprint density at radius 3 is 3.05 bits per heavy atom. The molecule has 2 heterocycles. The Kier molecular flexibility index (Phi) is 3.57. The number of nitrogens with one attached hydrogen (secondary N) is 1. The van der Waals surface area contributed by atoms with Gasteiger partial charge >= 0.3 is 0 Å². The third-order valence-electron chi connectivity index (χ3n) is 3.33. The van der Waals surface area contributed by atoms with Crippen LogP contribution in [0.4, 0.5) is 5.82 Å². The summed E-state index contributed by atoms with van der Waals surface area (Å²) < 4.78 is 5.71. The first kappa shape index (κ1) is 12.3. The standard InChI is InChI=1S/C14H18N4O/c1-15-8-11-10-18(6-7-19-11)14-9-16-12-4-2-3-5-13(12)17-14/h2-5,9,11,15H,6-8,10H2,1H3. The summed E-state index contributed by atoms with van der Waals surface area (Å²) in [4.78, 5) is 11.4. The fourth-order valence-corrected chi connectivity index (χ4v) is 2.38. The van der Waals surface area contributed by atoms with Crippen LogP contribution in [-0.4, -0.2) is 49.4 Å². The predicted molar refractivity (Wildman–Crippen MR) is 75.4 cm³/mol. The average molecular weight is 258 g/mol. The number of para-hydroxylation sites is 2. The fourth-order valence-electron chi connectivity index (χ4n) is 2.38. The Morgan fingerprint density at radius 2 is 2.21 bits per heavy atom. The smallest absolute Gasteiger partial charge is 0.148 e. The van der Waals surface area contributed by atoms with Gasteiger partial charge in [0.15, 0.2) is 0 Å². The Labute approximate surface area is 112 Å². The molecule has 1 aromatic heterocycles. The highest BCUT2D eigenvalue weighted by atomic mass is 16.5. The molecule has 0 radical (unpaired) electrons. The molecule has 1 aliphatic rings. The van der Waals surface area contributed by atoms with E-state index in [9.17, 15) is 0 Å². The molecule has 0 aliphatic carbocycles. The van der Waals surface area contributed by atoms with Crippen LogP contribution in [0.5, 0.6) is 0 Å². The highest BCUT2D eigenvalue weighted by Gasteiger charge is 2.21. The molecule has 100 valence electrons. The monoisotopic (exact) mass is 258 g/mol. The van der Waals surface area contributed by atoms with Gasteiger partial charge in [-0.1, -0.05) is 12.1 Å². The predicted octanol–water partition coefficient (Wildman–Crippen LogP) is 1.05. The highest BCUT2D eigenvalue weighted by Crippen LogP contribution is 2.17. The average Bonchev–Trinajstić information content (AvgIpc) is 2.47. The molecule has 1 fully saturated rings. The van der Waals surface area contributed by atoms with Crippen LogP contribution in [-0.2, 0) is 4.74 Å². The van der Waals surface area contributed by atoms with Gasteiger partial charge in [-0.05, 0) is 19.2 Å². The minimum absolute atomic E-state index is 0.215. The van der Waals surface area contributed by atoms with Gasteiger partial charge in [-0.3, -0.25) is 4.98 Å². The van der Waals surface area contributed by atoms with Crippen molar-refractivity contribution in [2.24, 2.45) is 0 Å². The number of likely N-dealkylation sites (N-methyl/N-ethyl adjacent to an activating group) is 1. The number of anilines is 1. The first-order valence-electron chi connectivity index (χ1n) is 6.60. The summed E-state index contributed by atoms with van der Waals surface area (Å²) in [7, 11) is 1.94. The zero-order valence-electron chi connectivity index (χ0n) is 11.0. The van der Waals surface area contributed by atoms with Crippen LogP contribution < -0.4 is 10.2 Å². The number of ether oxygens (including phenoxy) is 1. The Bertz CT molecular complexity index is 558. The molecule has 0 saturated carbocycles. The van der Waals surface area contributed by atoms with E-state index in [-0.39, 0.29) is 6.10 Å². The highest BCUT2D eigenvalue weighted by molar-refractivity contribution is 5.75. The zero-order chi connectivity index (χ0) is 13.1. The van der Waals surface area contributed by atoms with Gasteiger partial charge in [0.2, 0.25) is 0 Å². The van der Waals surface area contributed by atoms with Crippen LogP contribution in [0, 0.1) is 0 Å². The molecule has 1 aliphatic heterocycles. The molecule has 1 N–H and O–H groups in total. The van der Waals surface area contributed by atoms with Gasteiger partial charge < -0.3 is 15.0 Å². The van der Waals surface area contributed by atoms with Crippen LogP contribution in [0.15, 0.2) is 30.5 Å². The summed E-state index contributed by atoms with van der Waals surface area (Å²) in [6.07, 6.45) is 2.07. The van der Waals surface area contributed by atoms with Gasteiger partial charge in [0.05, 0.1) is 29.9 Å². The maximum atomic E-state index is 5.71. The largest absolute Gasteiger partial charge is 0.373 e. The van der Waals surface area contributed by atoms with E-state index in [1.807, 2.05) is 37.5 Å². The van der Waals surface area contributed by atoms with Gasteiger partial charge in [-0.2, -0.15) is 0 Å². The van der Waals surface area contributed by atoms with Crippen LogP contribution in [0.2, 0.25) is 0 Å². The number of hydrogen-bond donors (Lipinski definition) is 1. The van der Waals surface area contributed by atoms with Crippen molar-refractivity contribution < 1.29 is 4.74 Å². The summed E-state index contributed by atoms with van der Waals surface area (Å²) in [6.45, 7) is 3.32. The topological polar surface area (TPSA) is 50.3 Å². The van der Waals surface area contributed by atoms with Gasteiger partial charge in [0.25, 0.3) is 0 Å². The Hall–Kier alpha value is -1.72. The first-order chi connectivity index (χ1) is 9.36.